The molecule has 106 valence electrons. The van der Waals surface area contributed by atoms with E-state index in [0.29, 0.717) is 5.92 Å². The standard InChI is InChI=1S/C14H20N6/c1-9-6-14(20-19-9)18-13-7-12(16-10(2)17-13)11-4-3-5-15-8-11/h6-7,11,15H,3-5,8H2,1-2H3,(H2,16,17,18,19,20)/t11-/m1/s1. The summed E-state index contributed by atoms with van der Waals surface area (Å²) in [6.07, 6.45) is 2.39. The zero-order chi connectivity index (χ0) is 13.9. The monoisotopic (exact) mass is 272 g/mol. The Morgan fingerprint density at radius 3 is 2.80 bits per heavy atom. The zero-order valence-electron chi connectivity index (χ0n) is 11.9. The number of aromatic nitrogens is 4. The van der Waals surface area contributed by atoms with E-state index >= 15 is 0 Å². The predicted octanol–water partition coefficient (Wildman–Crippen LogP) is 2.03. The highest BCUT2D eigenvalue weighted by molar-refractivity contribution is 5.52. The van der Waals surface area contributed by atoms with Gasteiger partial charge in [0.05, 0.1) is 5.69 Å². The average molecular weight is 272 g/mol. The molecule has 2 aromatic heterocycles. The predicted molar refractivity (Wildman–Crippen MR) is 78.2 cm³/mol. The Bertz CT molecular complexity index is 585. The fourth-order valence-corrected chi connectivity index (χ4v) is 2.58. The second kappa shape index (κ2) is 5.58. The lowest BCUT2D eigenvalue weighted by molar-refractivity contribution is 0.453. The lowest BCUT2D eigenvalue weighted by Crippen LogP contribution is -2.29. The Morgan fingerprint density at radius 1 is 1.20 bits per heavy atom. The van der Waals surface area contributed by atoms with E-state index in [1.165, 1.54) is 12.8 Å². The molecule has 3 N–H and O–H groups in total. The summed E-state index contributed by atoms with van der Waals surface area (Å²) in [4.78, 5) is 9.02. The van der Waals surface area contributed by atoms with Crippen LogP contribution in [0.15, 0.2) is 12.1 Å². The lowest BCUT2D eigenvalue weighted by Gasteiger charge is -2.22. The minimum atomic E-state index is 0.479. The van der Waals surface area contributed by atoms with Gasteiger partial charge < -0.3 is 10.6 Å². The van der Waals surface area contributed by atoms with E-state index in [0.717, 1.165) is 41.9 Å². The number of H-pyrrole nitrogens is 1. The van der Waals surface area contributed by atoms with Crippen molar-refractivity contribution in [2.45, 2.75) is 32.6 Å². The average Bonchev–Trinajstić information content (AvgIpc) is 2.84. The number of rotatable bonds is 3. The van der Waals surface area contributed by atoms with Crippen molar-refractivity contribution in [3.05, 3.63) is 29.3 Å². The lowest BCUT2D eigenvalue weighted by atomic mass is 9.96. The molecule has 0 bridgehead atoms. The molecule has 1 fully saturated rings. The second-order valence-electron chi connectivity index (χ2n) is 5.33. The quantitative estimate of drug-likeness (QED) is 0.797. The molecule has 1 aliphatic heterocycles. The van der Waals surface area contributed by atoms with Crippen LogP contribution in [-0.2, 0) is 0 Å². The van der Waals surface area contributed by atoms with Crippen LogP contribution in [0.4, 0.5) is 11.6 Å². The zero-order valence-corrected chi connectivity index (χ0v) is 11.9. The van der Waals surface area contributed by atoms with Crippen LogP contribution in [0.25, 0.3) is 0 Å². The maximum Gasteiger partial charge on any atom is 0.153 e. The third kappa shape index (κ3) is 2.96. The number of hydrogen-bond acceptors (Lipinski definition) is 5. The minimum Gasteiger partial charge on any atom is -0.323 e. The molecule has 0 aliphatic carbocycles. The van der Waals surface area contributed by atoms with Crippen molar-refractivity contribution in [1.82, 2.24) is 25.5 Å². The summed E-state index contributed by atoms with van der Waals surface area (Å²) in [7, 11) is 0. The van der Waals surface area contributed by atoms with Crippen LogP contribution >= 0.6 is 0 Å². The van der Waals surface area contributed by atoms with Crippen LogP contribution in [0, 0.1) is 13.8 Å². The van der Waals surface area contributed by atoms with Gasteiger partial charge in [0.25, 0.3) is 0 Å². The summed E-state index contributed by atoms with van der Waals surface area (Å²) in [5.74, 6) is 2.87. The summed E-state index contributed by atoms with van der Waals surface area (Å²) >= 11 is 0. The Balaban J connectivity index is 1.82. The maximum atomic E-state index is 4.59. The first-order valence-electron chi connectivity index (χ1n) is 7.06. The van der Waals surface area contributed by atoms with Crippen molar-refractivity contribution in [2.24, 2.45) is 0 Å². The van der Waals surface area contributed by atoms with Crippen LogP contribution in [0.1, 0.15) is 36.0 Å². The molecule has 0 amide bonds. The fraction of sp³-hybridized carbons (Fsp3) is 0.500. The summed E-state index contributed by atoms with van der Waals surface area (Å²) in [6.45, 7) is 6.01. The van der Waals surface area contributed by atoms with Gasteiger partial charge in [-0.1, -0.05) is 0 Å². The Labute approximate surface area is 118 Å². The molecular weight excluding hydrogens is 252 g/mol. The summed E-state index contributed by atoms with van der Waals surface area (Å²) in [6, 6.07) is 3.99. The molecular formula is C14H20N6. The van der Waals surface area contributed by atoms with E-state index in [2.05, 4.69) is 30.8 Å². The molecule has 0 radical (unpaired) electrons. The summed E-state index contributed by atoms with van der Waals surface area (Å²) in [5, 5.41) is 13.7. The van der Waals surface area contributed by atoms with Gasteiger partial charge in [-0.3, -0.25) is 5.10 Å². The van der Waals surface area contributed by atoms with E-state index in [1.807, 2.05) is 26.0 Å². The molecule has 6 heteroatoms. The molecule has 3 heterocycles. The smallest absolute Gasteiger partial charge is 0.153 e. The van der Waals surface area contributed by atoms with Crippen LogP contribution < -0.4 is 10.6 Å². The molecule has 2 aromatic rings. The van der Waals surface area contributed by atoms with Gasteiger partial charge in [0, 0.05) is 30.3 Å². The molecule has 1 saturated heterocycles. The van der Waals surface area contributed by atoms with Crippen LogP contribution in [0.5, 0.6) is 0 Å². The van der Waals surface area contributed by atoms with Gasteiger partial charge in [-0.25, -0.2) is 9.97 Å². The van der Waals surface area contributed by atoms with Crippen LogP contribution in [-0.4, -0.2) is 33.3 Å². The van der Waals surface area contributed by atoms with Gasteiger partial charge in [-0.2, -0.15) is 5.10 Å². The molecule has 1 atom stereocenters. The molecule has 0 unspecified atom stereocenters. The van der Waals surface area contributed by atoms with Gasteiger partial charge in [-0.05, 0) is 33.2 Å². The number of aromatic amines is 1. The molecule has 0 aromatic carbocycles. The number of nitrogens with one attached hydrogen (secondary N) is 3. The maximum absolute atomic E-state index is 4.59. The van der Waals surface area contributed by atoms with Gasteiger partial charge in [-0.15, -0.1) is 0 Å². The van der Waals surface area contributed by atoms with E-state index in [1.54, 1.807) is 0 Å². The SMILES string of the molecule is Cc1nc(Nc2cc(C)[nH]n2)cc([C@@H]2CCCNC2)n1. The van der Waals surface area contributed by atoms with Crippen LogP contribution in [0.3, 0.4) is 0 Å². The van der Waals surface area contributed by atoms with E-state index < -0.39 is 0 Å². The van der Waals surface area contributed by atoms with Gasteiger partial charge >= 0.3 is 0 Å². The Hall–Kier alpha value is -1.95. The fourth-order valence-electron chi connectivity index (χ4n) is 2.58. The number of nitrogens with zero attached hydrogens (tertiary/aromatic N) is 3. The summed E-state index contributed by atoms with van der Waals surface area (Å²) in [5.41, 5.74) is 2.13. The molecule has 3 rings (SSSR count). The van der Waals surface area contributed by atoms with Crippen LogP contribution in [0.2, 0.25) is 0 Å². The molecule has 20 heavy (non-hydrogen) atoms. The topological polar surface area (TPSA) is 78.5 Å². The number of aryl methyl sites for hydroxylation is 2. The third-order valence-electron chi connectivity index (χ3n) is 3.53. The first-order valence-corrected chi connectivity index (χ1v) is 7.06. The van der Waals surface area contributed by atoms with E-state index in [-0.39, 0.29) is 0 Å². The third-order valence-corrected chi connectivity index (χ3v) is 3.53. The Kier molecular flexibility index (Phi) is 3.64. The normalized spacial score (nSPS) is 19.0. The van der Waals surface area contributed by atoms with Gasteiger partial charge in [0.2, 0.25) is 0 Å². The minimum absolute atomic E-state index is 0.479. The van der Waals surface area contributed by atoms with Crippen molar-refractivity contribution in [2.75, 3.05) is 18.4 Å². The van der Waals surface area contributed by atoms with Crippen molar-refractivity contribution in [3.63, 3.8) is 0 Å². The van der Waals surface area contributed by atoms with Crippen molar-refractivity contribution >= 4 is 11.6 Å². The molecule has 0 saturated carbocycles. The van der Waals surface area contributed by atoms with Crippen molar-refractivity contribution in [1.29, 1.82) is 0 Å². The first kappa shape index (κ1) is 13.1. The highest BCUT2D eigenvalue weighted by Crippen LogP contribution is 2.24. The molecule has 0 spiro atoms. The number of anilines is 2. The van der Waals surface area contributed by atoms with E-state index in [9.17, 15) is 0 Å². The van der Waals surface area contributed by atoms with Gasteiger partial charge in [0.1, 0.15) is 11.6 Å². The molecule has 1 aliphatic rings. The van der Waals surface area contributed by atoms with E-state index in [4.69, 9.17) is 0 Å². The second-order valence-corrected chi connectivity index (χ2v) is 5.33. The largest absolute Gasteiger partial charge is 0.323 e. The summed E-state index contributed by atoms with van der Waals surface area (Å²) < 4.78 is 0. The van der Waals surface area contributed by atoms with Crippen molar-refractivity contribution < 1.29 is 0 Å². The van der Waals surface area contributed by atoms with Gasteiger partial charge in [0.15, 0.2) is 5.82 Å². The first-order chi connectivity index (χ1) is 9.70. The van der Waals surface area contributed by atoms with Crippen molar-refractivity contribution in [3.8, 4) is 0 Å². The number of piperidine rings is 1. The highest BCUT2D eigenvalue weighted by Gasteiger charge is 2.17. The number of hydrogen-bond donors (Lipinski definition) is 3. The Morgan fingerprint density at radius 2 is 2.10 bits per heavy atom. The highest BCUT2D eigenvalue weighted by atomic mass is 15.2. The molecule has 6 nitrogen and oxygen atoms in total.